The zero-order valence-corrected chi connectivity index (χ0v) is 24.9. The molecule has 1 saturated carbocycles. The Balaban J connectivity index is 1.46. The number of aryl methyl sites for hydroxylation is 2. The van der Waals surface area contributed by atoms with Crippen molar-refractivity contribution in [2.75, 3.05) is 11.9 Å². The molecule has 0 aromatic heterocycles. The van der Waals surface area contributed by atoms with Gasteiger partial charge in [-0.15, -0.1) is 0 Å². The first-order valence-electron chi connectivity index (χ1n) is 15.1. The average Bonchev–Trinajstić information content (AvgIpc) is 3.46. The molecule has 1 heterocycles. The average molecular weight is 598 g/mol. The summed E-state index contributed by atoms with van der Waals surface area (Å²) in [5.74, 6) is -2.35. The molecule has 2 fully saturated rings. The Morgan fingerprint density at radius 2 is 1.74 bits per heavy atom. The number of rotatable bonds is 6. The highest BCUT2D eigenvalue weighted by atomic mass is 19.4. The van der Waals surface area contributed by atoms with Crippen molar-refractivity contribution in [1.82, 2.24) is 10.2 Å². The van der Waals surface area contributed by atoms with E-state index >= 15 is 0 Å². The van der Waals surface area contributed by atoms with Crippen LogP contribution in [0.5, 0.6) is 0 Å². The summed E-state index contributed by atoms with van der Waals surface area (Å²) in [4.78, 5) is 29.3. The van der Waals surface area contributed by atoms with Gasteiger partial charge in [-0.2, -0.15) is 13.2 Å². The van der Waals surface area contributed by atoms with Crippen LogP contribution in [0, 0.1) is 25.6 Å². The van der Waals surface area contributed by atoms with Crippen molar-refractivity contribution in [3.8, 4) is 0 Å². The maximum atomic E-state index is 15.0. The molecule has 9 heteroatoms. The number of anilines is 1. The van der Waals surface area contributed by atoms with E-state index in [1.54, 1.807) is 24.0 Å². The van der Waals surface area contributed by atoms with E-state index in [0.29, 0.717) is 37.4 Å². The number of halogens is 4. The Bertz CT molecular complexity index is 1420. The lowest BCUT2D eigenvalue weighted by atomic mass is 9.79. The number of nitrogens with zero attached hydrogens (tertiary/aromatic N) is 1. The van der Waals surface area contributed by atoms with Crippen LogP contribution in [0.15, 0.2) is 60.2 Å². The van der Waals surface area contributed by atoms with Gasteiger partial charge in [0.1, 0.15) is 5.82 Å². The van der Waals surface area contributed by atoms with E-state index in [2.05, 4.69) is 23.6 Å². The first-order valence-corrected chi connectivity index (χ1v) is 15.1. The van der Waals surface area contributed by atoms with Crippen LogP contribution in [0.4, 0.5) is 23.2 Å². The molecule has 1 aliphatic heterocycles. The molecule has 230 valence electrons. The minimum absolute atomic E-state index is 0.0324. The molecule has 0 radical (unpaired) electrons. The number of hydrogen-bond donors (Lipinski definition) is 2. The molecule has 3 atom stereocenters. The molecule has 43 heavy (non-hydrogen) atoms. The largest absolute Gasteiger partial charge is 0.416 e. The Labute approximate surface area is 250 Å². The Morgan fingerprint density at radius 1 is 1.00 bits per heavy atom. The van der Waals surface area contributed by atoms with Crippen molar-refractivity contribution in [3.63, 3.8) is 0 Å². The van der Waals surface area contributed by atoms with Crippen LogP contribution in [0.25, 0.3) is 0 Å². The van der Waals surface area contributed by atoms with E-state index in [1.807, 2.05) is 12.2 Å². The summed E-state index contributed by atoms with van der Waals surface area (Å²) in [6.45, 7) is 5.50. The summed E-state index contributed by atoms with van der Waals surface area (Å²) < 4.78 is 55.7. The zero-order chi connectivity index (χ0) is 30.9. The molecule has 1 saturated heterocycles. The quantitative estimate of drug-likeness (QED) is 0.339. The van der Waals surface area contributed by atoms with Gasteiger partial charge in [0.15, 0.2) is 0 Å². The lowest BCUT2D eigenvalue weighted by Gasteiger charge is -2.43. The smallest absolute Gasteiger partial charge is 0.331 e. The Morgan fingerprint density at radius 3 is 2.40 bits per heavy atom. The van der Waals surface area contributed by atoms with Gasteiger partial charge in [0, 0.05) is 23.8 Å². The third-order valence-corrected chi connectivity index (χ3v) is 9.11. The predicted molar refractivity (Wildman–Crippen MR) is 159 cm³/mol. The van der Waals surface area contributed by atoms with Crippen LogP contribution < -0.4 is 10.6 Å². The van der Waals surface area contributed by atoms with Crippen molar-refractivity contribution in [3.05, 3.63) is 88.3 Å². The van der Waals surface area contributed by atoms with Crippen molar-refractivity contribution in [2.24, 2.45) is 5.92 Å². The van der Waals surface area contributed by atoms with Crippen LogP contribution in [-0.2, 0) is 11.0 Å². The normalized spacial score (nSPS) is 24.6. The monoisotopic (exact) mass is 597 g/mol. The second-order valence-electron chi connectivity index (χ2n) is 12.4. The van der Waals surface area contributed by atoms with Crippen LogP contribution in [-0.4, -0.2) is 40.9 Å². The predicted octanol–water partition coefficient (Wildman–Crippen LogP) is 7.50. The van der Waals surface area contributed by atoms with Crippen molar-refractivity contribution >= 4 is 17.5 Å². The summed E-state index contributed by atoms with van der Waals surface area (Å²) in [5.41, 5.74) is 0.238. The Hall–Kier alpha value is -3.46. The van der Waals surface area contributed by atoms with E-state index in [1.165, 1.54) is 38.0 Å². The number of nitrogens with one attached hydrogen (secondary N) is 2. The lowest BCUT2D eigenvalue weighted by molar-refractivity contribution is -0.138. The maximum absolute atomic E-state index is 15.0. The van der Waals surface area contributed by atoms with E-state index in [4.69, 9.17) is 0 Å². The molecule has 2 N–H and O–H groups in total. The highest BCUT2D eigenvalue weighted by molar-refractivity contribution is 5.98. The molecule has 5 nitrogen and oxygen atoms in total. The fourth-order valence-corrected chi connectivity index (χ4v) is 6.81. The van der Waals surface area contributed by atoms with Gasteiger partial charge in [0.05, 0.1) is 23.1 Å². The van der Waals surface area contributed by atoms with Crippen LogP contribution in [0.2, 0.25) is 0 Å². The molecule has 2 aromatic rings. The first kappa shape index (κ1) is 31.0. The number of carbonyl (C=O) groups is 2. The van der Waals surface area contributed by atoms with Crippen molar-refractivity contribution in [2.45, 2.75) is 89.5 Å². The van der Waals surface area contributed by atoms with E-state index in [0.717, 1.165) is 24.5 Å². The standard InChI is InChI=1S/C34H39F4N3O2/c1-21-13-14-25(20-27(21)34(36,37)38)39-31(42)26-11-7-19-41(32(43)29-22(2)8-6-12-28(29)35)30(26)23-15-17-33(3,18-16-23)40-24-9-4-5-10-24/h6,8,12-17,20,24,26,30,40H,4-5,7,9-11,18-19H2,1-3H3,(H,39,42)/t26-,30-,33?/m0/s1. The van der Waals surface area contributed by atoms with E-state index < -0.39 is 41.3 Å². The fourth-order valence-electron chi connectivity index (χ4n) is 6.81. The van der Waals surface area contributed by atoms with Gasteiger partial charge >= 0.3 is 6.18 Å². The number of alkyl halides is 3. The second kappa shape index (κ2) is 12.3. The minimum atomic E-state index is -4.56. The fraction of sp³-hybridized carbons (Fsp3) is 0.471. The molecular formula is C34H39F4N3O2. The van der Waals surface area contributed by atoms with Gasteiger partial charge in [0.2, 0.25) is 5.91 Å². The van der Waals surface area contributed by atoms with Crippen molar-refractivity contribution < 1.29 is 27.2 Å². The highest BCUT2D eigenvalue weighted by Gasteiger charge is 2.42. The summed E-state index contributed by atoms with van der Waals surface area (Å²) in [7, 11) is 0. The third kappa shape index (κ3) is 6.71. The van der Waals surface area contributed by atoms with Gasteiger partial charge in [-0.1, -0.05) is 49.3 Å². The summed E-state index contributed by atoms with van der Waals surface area (Å²) in [5, 5.41) is 6.44. The van der Waals surface area contributed by atoms with Gasteiger partial charge in [0.25, 0.3) is 5.91 Å². The number of benzene rings is 2. The lowest BCUT2D eigenvalue weighted by Crippen LogP contribution is -2.53. The molecule has 2 aliphatic carbocycles. The SMILES string of the molecule is Cc1ccc(NC(=O)[C@H]2CCCN(C(=O)c3c(C)cccc3F)[C@H]2C2=CCC(C)(NC3CCCC3)C=C2)cc1C(F)(F)F. The number of carbonyl (C=O) groups excluding carboxylic acids is 2. The van der Waals surface area contributed by atoms with Gasteiger partial charge < -0.3 is 15.5 Å². The van der Waals surface area contributed by atoms with Crippen LogP contribution in [0.3, 0.4) is 0 Å². The molecule has 0 bridgehead atoms. The number of hydrogen-bond acceptors (Lipinski definition) is 3. The van der Waals surface area contributed by atoms with Crippen molar-refractivity contribution in [1.29, 1.82) is 0 Å². The molecule has 5 rings (SSSR count). The Kier molecular flexibility index (Phi) is 8.84. The van der Waals surface area contributed by atoms with E-state index in [-0.39, 0.29) is 22.4 Å². The first-order chi connectivity index (χ1) is 20.4. The summed E-state index contributed by atoms with van der Waals surface area (Å²) in [6, 6.07) is 7.93. The van der Waals surface area contributed by atoms with Gasteiger partial charge in [-0.3, -0.25) is 9.59 Å². The molecule has 3 aliphatic rings. The third-order valence-electron chi connectivity index (χ3n) is 9.11. The topological polar surface area (TPSA) is 61.4 Å². The van der Waals surface area contributed by atoms with E-state index in [9.17, 15) is 27.2 Å². The van der Waals surface area contributed by atoms with Crippen LogP contribution >= 0.6 is 0 Å². The second-order valence-corrected chi connectivity index (χ2v) is 12.4. The zero-order valence-electron chi connectivity index (χ0n) is 24.9. The maximum Gasteiger partial charge on any atom is 0.416 e. The highest BCUT2D eigenvalue weighted by Crippen LogP contribution is 2.37. The molecular weight excluding hydrogens is 558 g/mol. The van der Waals surface area contributed by atoms with Gasteiger partial charge in [-0.25, -0.2) is 4.39 Å². The number of amides is 2. The summed E-state index contributed by atoms with van der Waals surface area (Å²) >= 11 is 0. The molecule has 2 aromatic carbocycles. The van der Waals surface area contributed by atoms with Crippen LogP contribution in [0.1, 0.15) is 78.9 Å². The minimum Gasteiger partial charge on any atom is -0.331 e. The number of piperidine rings is 1. The molecule has 2 amide bonds. The molecule has 1 unspecified atom stereocenters. The summed E-state index contributed by atoms with van der Waals surface area (Å²) in [6.07, 6.45) is 7.74. The number of likely N-dealkylation sites (tertiary alicyclic amines) is 1. The van der Waals surface area contributed by atoms with Gasteiger partial charge in [-0.05, 0) is 87.8 Å². The molecule has 0 spiro atoms.